The molecule has 0 aliphatic rings. The lowest BCUT2D eigenvalue weighted by Gasteiger charge is -2.05. The summed E-state index contributed by atoms with van der Waals surface area (Å²) in [4.78, 5) is 13.5. The van der Waals surface area contributed by atoms with Crippen LogP contribution in [0.2, 0.25) is 10.0 Å². The fourth-order valence-corrected chi connectivity index (χ4v) is 2.26. The summed E-state index contributed by atoms with van der Waals surface area (Å²) < 4.78 is 5.08. The lowest BCUT2D eigenvalue weighted by atomic mass is 10.3. The Hall–Kier alpha value is -2.64. The van der Waals surface area contributed by atoms with Crippen LogP contribution in [-0.4, -0.2) is 33.2 Å². The van der Waals surface area contributed by atoms with Crippen molar-refractivity contribution in [1.82, 2.24) is 20.2 Å². The highest BCUT2D eigenvalue weighted by atomic mass is 35.5. The molecule has 0 saturated heterocycles. The summed E-state index contributed by atoms with van der Waals surface area (Å²) >= 11 is 11.9. The van der Waals surface area contributed by atoms with Gasteiger partial charge in [-0.3, -0.25) is 4.79 Å². The maximum absolute atomic E-state index is 12.2. The lowest BCUT2D eigenvalue weighted by Crippen LogP contribution is -2.14. The fraction of sp³-hybridized carbons (Fsp3) is 0.0667. The minimum atomic E-state index is -0.543. The number of aromatic nitrogens is 4. The molecular weight excluding hydrogens is 353 g/mol. The van der Waals surface area contributed by atoms with E-state index in [0.717, 1.165) is 0 Å². The van der Waals surface area contributed by atoms with Crippen molar-refractivity contribution in [2.24, 2.45) is 0 Å². The second kappa shape index (κ2) is 6.86. The fourth-order valence-electron chi connectivity index (χ4n) is 1.91. The van der Waals surface area contributed by atoms with Crippen molar-refractivity contribution in [3.63, 3.8) is 0 Å². The third-order valence-corrected chi connectivity index (χ3v) is 3.94. The molecule has 1 heterocycles. The van der Waals surface area contributed by atoms with Crippen LogP contribution in [-0.2, 0) is 0 Å². The molecule has 1 N–H and O–H groups in total. The zero-order valence-electron chi connectivity index (χ0n) is 12.4. The highest BCUT2D eigenvalue weighted by Gasteiger charge is 2.16. The lowest BCUT2D eigenvalue weighted by molar-refractivity contribution is 0.101. The first kappa shape index (κ1) is 16.2. The van der Waals surface area contributed by atoms with Gasteiger partial charge in [0.15, 0.2) is 0 Å². The first-order valence-electron chi connectivity index (χ1n) is 6.78. The third-order valence-electron chi connectivity index (χ3n) is 3.12. The van der Waals surface area contributed by atoms with E-state index >= 15 is 0 Å². The van der Waals surface area contributed by atoms with Gasteiger partial charge < -0.3 is 10.1 Å². The van der Waals surface area contributed by atoms with Gasteiger partial charge in [0.05, 0.1) is 28.5 Å². The molecule has 0 atom stereocenters. The van der Waals surface area contributed by atoms with Gasteiger partial charge in [-0.05, 0) is 41.6 Å². The molecule has 0 aliphatic carbocycles. The predicted molar refractivity (Wildman–Crippen MR) is 90.1 cm³/mol. The van der Waals surface area contributed by atoms with E-state index < -0.39 is 5.91 Å². The molecule has 0 spiro atoms. The highest BCUT2D eigenvalue weighted by Crippen LogP contribution is 2.29. The van der Waals surface area contributed by atoms with E-state index in [-0.39, 0.29) is 10.8 Å². The Balaban J connectivity index is 1.79. The molecule has 24 heavy (non-hydrogen) atoms. The van der Waals surface area contributed by atoms with Gasteiger partial charge >= 0.3 is 0 Å². The molecular formula is C15H11Cl2N5O2. The van der Waals surface area contributed by atoms with Gasteiger partial charge in [0.25, 0.3) is 11.7 Å². The van der Waals surface area contributed by atoms with Crippen molar-refractivity contribution in [2.75, 3.05) is 12.4 Å². The average molecular weight is 364 g/mol. The van der Waals surface area contributed by atoms with Crippen LogP contribution >= 0.6 is 23.2 Å². The van der Waals surface area contributed by atoms with E-state index in [0.29, 0.717) is 22.1 Å². The molecule has 3 aromatic rings. The monoisotopic (exact) mass is 363 g/mol. The van der Waals surface area contributed by atoms with Gasteiger partial charge in [0.1, 0.15) is 5.75 Å². The number of hydrogen-bond acceptors (Lipinski definition) is 5. The molecule has 0 fully saturated rings. The SMILES string of the molecule is COc1ccc(-n2nnc(C(=O)Nc3cccc(Cl)c3Cl)n2)cc1. The molecule has 0 unspecified atom stereocenters. The average Bonchev–Trinajstić information content (AvgIpc) is 3.09. The van der Waals surface area contributed by atoms with Crippen molar-refractivity contribution in [2.45, 2.75) is 0 Å². The summed E-state index contributed by atoms with van der Waals surface area (Å²) in [6.45, 7) is 0. The summed E-state index contributed by atoms with van der Waals surface area (Å²) in [5, 5.41) is 14.8. The molecule has 9 heteroatoms. The molecule has 0 bridgehead atoms. The first-order valence-corrected chi connectivity index (χ1v) is 7.54. The normalized spacial score (nSPS) is 10.5. The Morgan fingerprint density at radius 1 is 1.17 bits per heavy atom. The summed E-state index contributed by atoms with van der Waals surface area (Å²) in [6, 6.07) is 11.9. The summed E-state index contributed by atoms with van der Waals surface area (Å²) in [7, 11) is 1.58. The van der Waals surface area contributed by atoms with E-state index in [9.17, 15) is 4.79 Å². The van der Waals surface area contributed by atoms with Crippen LogP contribution in [0.25, 0.3) is 5.69 Å². The number of benzene rings is 2. The maximum atomic E-state index is 12.2. The molecule has 3 rings (SSSR count). The maximum Gasteiger partial charge on any atom is 0.297 e. The Morgan fingerprint density at radius 2 is 1.92 bits per heavy atom. The molecule has 0 aliphatic heterocycles. The smallest absolute Gasteiger partial charge is 0.297 e. The Bertz CT molecular complexity index is 880. The Kier molecular flexibility index (Phi) is 4.64. The number of nitrogens with zero attached hydrogens (tertiary/aromatic N) is 4. The van der Waals surface area contributed by atoms with E-state index in [1.54, 1.807) is 49.6 Å². The van der Waals surface area contributed by atoms with Crippen LogP contribution in [0, 0.1) is 0 Å². The van der Waals surface area contributed by atoms with Crippen molar-refractivity contribution in [1.29, 1.82) is 0 Å². The second-order valence-corrected chi connectivity index (χ2v) is 5.44. The number of ether oxygens (including phenoxy) is 1. The van der Waals surface area contributed by atoms with Crippen molar-refractivity contribution >= 4 is 34.8 Å². The molecule has 2 aromatic carbocycles. The van der Waals surface area contributed by atoms with Crippen LogP contribution < -0.4 is 10.1 Å². The van der Waals surface area contributed by atoms with Crippen LogP contribution in [0.1, 0.15) is 10.6 Å². The first-order chi connectivity index (χ1) is 11.6. The van der Waals surface area contributed by atoms with E-state index in [4.69, 9.17) is 27.9 Å². The van der Waals surface area contributed by atoms with Gasteiger partial charge in [-0.1, -0.05) is 29.3 Å². The van der Waals surface area contributed by atoms with Crippen LogP contribution in [0.3, 0.4) is 0 Å². The number of amides is 1. The predicted octanol–water partition coefficient (Wildman–Crippen LogP) is 3.23. The van der Waals surface area contributed by atoms with Gasteiger partial charge in [-0.25, -0.2) is 0 Å². The van der Waals surface area contributed by atoms with E-state index in [2.05, 4.69) is 20.7 Å². The number of nitrogens with one attached hydrogen (secondary N) is 1. The molecule has 7 nitrogen and oxygen atoms in total. The quantitative estimate of drug-likeness (QED) is 0.769. The summed E-state index contributed by atoms with van der Waals surface area (Å²) in [6.07, 6.45) is 0. The molecule has 1 amide bonds. The van der Waals surface area contributed by atoms with Crippen LogP contribution in [0.4, 0.5) is 5.69 Å². The number of halogens is 2. The summed E-state index contributed by atoms with van der Waals surface area (Å²) in [5.41, 5.74) is 1.01. The molecule has 0 saturated carbocycles. The van der Waals surface area contributed by atoms with Crippen molar-refractivity contribution in [3.8, 4) is 11.4 Å². The topological polar surface area (TPSA) is 81.9 Å². The zero-order chi connectivity index (χ0) is 17.1. The minimum Gasteiger partial charge on any atom is -0.497 e. The van der Waals surface area contributed by atoms with Crippen LogP contribution in [0.15, 0.2) is 42.5 Å². The highest BCUT2D eigenvalue weighted by molar-refractivity contribution is 6.44. The van der Waals surface area contributed by atoms with E-state index in [1.165, 1.54) is 4.80 Å². The number of carbonyl (C=O) groups is 1. The van der Waals surface area contributed by atoms with E-state index in [1.807, 2.05) is 0 Å². The summed E-state index contributed by atoms with van der Waals surface area (Å²) in [5.74, 6) is 0.0632. The van der Waals surface area contributed by atoms with Crippen molar-refractivity contribution in [3.05, 3.63) is 58.3 Å². The number of hydrogen-bond donors (Lipinski definition) is 1. The number of anilines is 1. The number of rotatable bonds is 4. The molecule has 1 aromatic heterocycles. The standard InChI is InChI=1S/C15H11Cl2N5O2/c1-24-10-7-5-9(6-8-10)22-20-14(19-21-22)15(23)18-12-4-2-3-11(16)13(12)17/h2-8H,1H3,(H,18,23). The number of methoxy groups -OCH3 is 1. The Labute approximate surface area is 147 Å². The minimum absolute atomic E-state index is 0.0955. The van der Waals surface area contributed by atoms with Crippen LogP contribution in [0.5, 0.6) is 5.75 Å². The number of carbonyl (C=O) groups excluding carboxylic acids is 1. The zero-order valence-corrected chi connectivity index (χ0v) is 13.9. The van der Waals surface area contributed by atoms with Gasteiger partial charge in [-0.2, -0.15) is 0 Å². The Morgan fingerprint density at radius 3 is 2.62 bits per heavy atom. The third kappa shape index (κ3) is 3.32. The van der Waals surface area contributed by atoms with Gasteiger partial charge in [-0.15, -0.1) is 15.0 Å². The van der Waals surface area contributed by atoms with Crippen molar-refractivity contribution < 1.29 is 9.53 Å². The number of tetrazole rings is 1. The molecule has 122 valence electrons. The molecule has 0 radical (unpaired) electrons. The van der Waals surface area contributed by atoms with Gasteiger partial charge in [0, 0.05) is 0 Å². The second-order valence-electron chi connectivity index (χ2n) is 4.66. The largest absolute Gasteiger partial charge is 0.497 e. The van der Waals surface area contributed by atoms with Gasteiger partial charge in [0.2, 0.25) is 0 Å².